The van der Waals surface area contributed by atoms with E-state index in [1.54, 1.807) is 34.8 Å². The molecule has 2 heterocycles. The fourth-order valence-electron chi connectivity index (χ4n) is 2.63. The first kappa shape index (κ1) is 14.1. The summed E-state index contributed by atoms with van der Waals surface area (Å²) < 4.78 is 0. The summed E-state index contributed by atoms with van der Waals surface area (Å²) in [5.41, 5.74) is 1.13. The van der Waals surface area contributed by atoms with E-state index in [1.165, 1.54) is 20.5 Å². The van der Waals surface area contributed by atoms with E-state index in [2.05, 4.69) is 29.6 Å². The van der Waals surface area contributed by atoms with E-state index < -0.39 is 0 Å². The minimum absolute atomic E-state index is 0.119. The van der Waals surface area contributed by atoms with Crippen LogP contribution in [0.3, 0.4) is 0 Å². The number of non-ortho nitro benzene ring substituents is 1. The van der Waals surface area contributed by atoms with Crippen molar-refractivity contribution in [3.63, 3.8) is 0 Å². The predicted molar refractivity (Wildman–Crippen MR) is 97.2 cm³/mol. The zero-order valence-corrected chi connectivity index (χ0v) is 13.6. The maximum absolute atomic E-state index is 10.8. The largest absolute Gasteiger partial charge is 0.269 e. The highest BCUT2D eigenvalue weighted by atomic mass is 32.1. The van der Waals surface area contributed by atoms with Gasteiger partial charge in [-0.15, -0.1) is 22.7 Å². The minimum atomic E-state index is -0.368. The average molecular weight is 337 g/mol. The molecule has 0 aliphatic heterocycles. The molecule has 0 unspecified atom stereocenters. The lowest BCUT2D eigenvalue weighted by atomic mass is 10.1. The zero-order valence-electron chi connectivity index (χ0n) is 11.9. The van der Waals surface area contributed by atoms with Gasteiger partial charge in [0.1, 0.15) is 0 Å². The van der Waals surface area contributed by atoms with Crippen molar-refractivity contribution in [1.29, 1.82) is 0 Å². The second-order valence-electron chi connectivity index (χ2n) is 5.09. The molecule has 0 aliphatic rings. The Morgan fingerprint density at radius 2 is 1.52 bits per heavy atom. The van der Waals surface area contributed by atoms with Crippen molar-refractivity contribution in [2.24, 2.45) is 0 Å². The Kier molecular flexibility index (Phi) is 3.44. The molecule has 0 fully saturated rings. The summed E-state index contributed by atoms with van der Waals surface area (Å²) in [6.45, 7) is 0. The van der Waals surface area contributed by atoms with Gasteiger partial charge in [0.15, 0.2) is 0 Å². The SMILES string of the molecule is O=[N+]([O-])c1ccc(-c2sc(-c3cccs3)c3ccccc23)cc1. The van der Waals surface area contributed by atoms with E-state index >= 15 is 0 Å². The molecule has 0 saturated heterocycles. The van der Waals surface area contributed by atoms with Gasteiger partial charge in [0, 0.05) is 32.7 Å². The van der Waals surface area contributed by atoms with Gasteiger partial charge in [0.05, 0.1) is 9.80 Å². The topological polar surface area (TPSA) is 43.1 Å². The lowest BCUT2D eigenvalue weighted by Gasteiger charge is -1.99. The Morgan fingerprint density at radius 1 is 0.826 bits per heavy atom. The predicted octanol–water partition coefficient (Wildman–Crippen LogP) is 6.21. The quantitative estimate of drug-likeness (QED) is 0.330. The third kappa shape index (κ3) is 2.44. The van der Waals surface area contributed by atoms with Gasteiger partial charge in [0.25, 0.3) is 5.69 Å². The molecule has 0 aliphatic carbocycles. The summed E-state index contributed by atoms with van der Waals surface area (Å²) in [5, 5.41) is 15.3. The number of nitro benzene ring substituents is 1. The number of thiophene rings is 2. The van der Waals surface area contributed by atoms with Crippen molar-refractivity contribution >= 4 is 39.1 Å². The number of hydrogen-bond donors (Lipinski definition) is 0. The van der Waals surface area contributed by atoms with Gasteiger partial charge in [-0.2, -0.15) is 0 Å². The van der Waals surface area contributed by atoms with Crippen LogP contribution in [0.15, 0.2) is 66.0 Å². The van der Waals surface area contributed by atoms with Gasteiger partial charge >= 0.3 is 0 Å². The number of rotatable bonds is 3. The van der Waals surface area contributed by atoms with Crippen molar-refractivity contribution in [2.75, 3.05) is 0 Å². The average Bonchev–Trinajstić information content (AvgIpc) is 3.22. The summed E-state index contributed by atoms with van der Waals surface area (Å²) >= 11 is 3.47. The van der Waals surface area contributed by atoms with Crippen LogP contribution in [-0.2, 0) is 0 Å². The van der Waals surface area contributed by atoms with Crippen LogP contribution < -0.4 is 0 Å². The molecule has 4 rings (SSSR count). The number of benzene rings is 2. The fourth-order valence-corrected chi connectivity index (χ4v) is 4.78. The lowest BCUT2D eigenvalue weighted by Crippen LogP contribution is -1.86. The van der Waals surface area contributed by atoms with E-state index in [1.807, 2.05) is 24.3 Å². The second kappa shape index (κ2) is 5.61. The molecule has 5 heteroatoms. The molecule has 2 aromatic carbocycles. The molecule has 0 bridgehead atoms. The number of hydrogen-bond acceptors (Lipinski definition) is 4. The maximum Gasteiger partial charge on any atom is 0.269 e. The summed E-state index contributed by atoms with van der Waals surface area (Å²) in [7, 11) is 0. The molecule has 23 heavy (non-hydrogen) atoms. The van der Waals surface area contributed by atoms with Crippen LogP contribution in [0, 0.1) is 10.1 Å². The Balaban J connectivity index is 1.92. The van der Waals surface area contributed by atoms with Gasteiger partial charge in [-0.1, -0.05) is 30.3 Å². The molecule has 2 aromatic heterocycles. The van der Waals surface area contributed by atoms with Crippen molar-refractivity contribution in [1.82, 2.24) is 0 Å². The van der Waals surface area contributed by atoms with E-state index in [-0.39, 0.29) is 10.6 Å². The normalized spacial score (nSPS) is 11.0. The molecule has 3 nitrogen and oxygen atoms in total. The van der Waals surface area contributed by atoms with E-state index in [4.69, 9.17) is 0 Å². The molecule has 4 aromatic rings. The molecule has 112 valence electrons. The van der Waals surface area contributed by atoms with Crippen LogP contribution in [0.2, 0.25) is 0 Å². The molecular weight excluding hydrogens is 326 g/mol. The molecule has 0 amide bonds. The monoisotopic (exact) mass is 337 g/mol. The third-order valence-corrected chi connectivity index (χ3v) is 6.03. The number of fused-ring (bicyclic) bond motifs is 1. The molecule has 0 atom stereocenters. The van der Waals surface area contributed by atoms with Gasteiger partial charge in [-0.3, -0.25) is 10.1 Å². The van der Waals surface area contributed by atoms with Crippen LogP contribution in [-0.4, -0.2) is 4.92 Å². The van der Waals surface area contributed by atoms with E-state index in [0.717, 1.165) is 10.4 Å². The van der Waals surface area contributed by atoms with Gasteiger partial charge in [0.2, 0.25) is 0 Å². The van der Waals surface area contributed by atoms with Gasteiger partial charge in [-0.05, 0) is 29.1 Å². The van der Waals surface area contributed by atoms with E-state index in [9.17, 15) is 10.1 Å². The maximum atomic E-state index is 10.8. The molecule has 0 radical (unpaired) electrons. The summed E-state index contributed by atoms with van der Waals surface area (Å²) in [6, 6.07) is 19.3. The molecule has 0 N–H and O–H groups in total. The van der Waals surface area contributed by atoms with Crippen LogP contribution in [0.5, 0.6) is 0 Å². The fraction of sp³-hybridized carbons (Fsp3) is 0. The lowest BCUT2D eigenvalue weighted by molar-refractivity contribution is -0.384. The molecule has 0 saturated carbocycles. The summed E-state index contributed by atoms with van der Waals surface area (Å²) in [5.74, 6) is 0. The first-order chi connectivity index (χ1) is 11.2. The Labute approximate surface area is 140 Å². The number of nitrogens with zero attached hydrogens (tertiary/aromatic N) is 1. The van der Waals surface area contributed by atoms with Gasteiger partial charge < -0.3 is 0 Å². The smallest absolute Gasteiger partial charge is 0.258 e. The highest BCUT2D eigenvalue weighted by Crippen LogP contribution is 2.45. The first-order valence-corrected chi connectivity index (χ1v) is 8.74. The van der Waals surface area contributed by atoms with Crippen LogP contribution in [0.4, 0.5) is 5.69 Å². The Bertz CT molecular complexity index is 986. The molecular formula is C18H11NO2S2. The zero-order chi connectivity index (χ0) is 15.8. The Hall–Kier alpha value is -2.50. The van der Waals surface area contributed by atoms with Crippen molar-refractivity contribution in [3.05, 3.63) is 76.2 Å². The summed E-state index contributed by atoms with van der Waals surface area (Å²) in [6.07, 6.45) is 0. The first-order valence-electron chi connectivity index (χ1n) is 7.04. The second-order valence-corrected chi connectivity index (χ2v) is 7.06. The van der Waals surface area contributed by atoms with Crippen molar-refractivity contribution in [2.45, 2.75) is 0 Å². The third-order valence-electron chi connectivity index (χ3n) is 3.71. The van der Waals surface area contributed by atoms with Crippen molar-refractivity contribution in [3.8, 4) is 20.2 Å². The van der Waals surface area contributed by atoms with Crippen molar-refractivity contribution < 1.29 is 4.92 Å². The van der Waals surface area contributed by atoms with Crippen LogP contribution in [0.1, 0.15) is 0 Å². The van der Waals surface area contributed by atoms with Crippen LogP contribution in [0.25, 0.3) is 31.0 Å². The standard InChI is InChI=1S/C18H11NO2S2/c20-19(21)13-9-7-12(8-10-13)17-14-4-1-2-5-15(14)18(23-17)16-6-3-11-22-16/h1-11H. The van der Waals surface area contributed by atoms with E-state index in [0.29, 0.717) is 0 Å². The highest BCUT2D eigenvalue weighted by molar-refractivity contribution is 7.25. The number of nitro groups is 1. The highest BCUT2D eigenvalue weighted by Gasteiger charge is 2.15. The Morgan fingerprint density at radius 3 is 2.13 bits per heavy atom. The summed E-state index contributed by atoms with van der Waals surface area (Å²) in [4.78, 5) is 14.1. The van der Waals surface area contributed by atoms with Gasteiger partial charge in [-0.25, -0.2) is 0 Å². The van der Waals surface area contributed by atoms with Crippen LogP contribution >= 0.6 is 22.7 Å². The molecule has 0 spiro atoms. The minimum Gasteiger partial charge on any atom is -0.258 e.